The average molecular weight is 450 g/mol. The lowest BCUT2D eigenvalue weighted by molar-refractivity contribution is -0.141. The molecule has 3 aliphatic rings. The van der Waals surface area contributed by atoms with Crippen LogP contribution in [0.15, 0.2) is 30.3 Å². The Balaban J connectivity index is 1.52. The Morgan fingerprint density at radius 3 is 2.61 bits per heavy atom. The van der Waals surface area contributed by atoms with E-state index in [-0.39, 0.29) is 24.2 Å². The summed E-state index contributed by atoms with van der Waals surface area (Å²) < 4.78 is 29.6. The molecule has 3 aliphatic heterocycles. The molecule has 3 heterocycles. The number of sulfone groups is 1. The van der Waals surface area contributed by atoms with Crippen molar-refractivity contribution >= 4 is 27.7 Å². The predicted octanol–water partition coefficient (Wildman–Crippen LogP) is 0.648. The fourth-order valence-corrected chi connectivity index (χ4v) is 6.25. The third-order valence-electron chi connectivity index (χ3n) is 6.31. The molecular weight excluding hydrogens is 422 g/mol. The first kappa shape index (κ1) is 21.8. The van der Waals surface area contributed by atoms with Crippen molar-refractivity contribution in [2.45, 2.75) is 43.9 Å². The molecule has 0 saturated carbocycles. The van der Waals surface area contributed by atoms with Gasteiger partial charge in [-0.25, -0.2) is 13.2 Å². The minimum atomic E-state index is -3.21. The van der Waals surface area contributed by atoms with E-state index in [1.165, 1.54) is 4.90 Å². The molecule has 3 saturated heterocycles. The van der Waals surface area contributed by atoms with Gasteiger partial charge in [0.05, 0.1) is 17.6 Å². The maximum absolute atomic E-state index is 13.2. The molecule has 0 aromatic heterocycles. The van der Waals surface area contributed by atoms with Gasteiger partial charge in [-0.3, -0.25) is 14.5 Å². The number of rotatable bonds is 6. The predicted molar refractivity (Wildman–Crippen MR) is 112 cm³/mol. The number of benzene rings is 1. The van der Waals surface area contributed by atoms with Crippen molar-refractivity contribution in [2.75, 3.05) is 31.2 Å². The standard InChI is InChI=1S/C21H27N3O6S/c1-21(15-6-3-2-4-7-15)19(26)24(20(27)22-21)13-18(25)23(12-17-8-5-10-30-17)16-9-11-31(28,29)14-16/h2-4,6-7,16-17H,5,8-14H2,1H3,(H,22,27)/t16-,17+,21-/m1/s1. The van der Waals surface area contributed by atoms with E-state index in [9.17, 15) is 22.8 Å². The zero-order chi connectivity index (χ0) is 22.2. The molecule has 1 N–H and O–H groups in total. The van der Waals surface area contributed by atoms with E-state index in [2.05, 4.69) is 5.32 Å². The van der Waals surface area contributed by atoms with Crippen molar-refractivity contribution in [1.82, 2.24) is 15.1 Å². The molecule has 1 aromatic carbocycles. The first-order valence-electron chi connectivity index (χ1n) is 10.5. The summed E-state index contributed by atoms with van der Waals surface area (Å²) in [5, 5.41) is 2.69. The van der Waals surface area contributed by atoms with Crippen molar-refractivity contribution in [3.8, 4) is 0 Å². The second kappa shape index (κ2) is 8.23. The molecule has 0 unspecified atom stereocenters. The van der Waals surface area contributed by atoms with Crippen LogP contribution >= 0.6 is 0 Å². The summed E-state index contributed by atoms with van der Waals surface area (Å²) >= 11 is 0. The first-order valence-corrected chi connectivity index (χ1v) is 12.3. The van der Waals surface area contributed by atoms with Crippen LogP contribution in [0.25, 0.3) is 0 Å². The molecule has 1 aromatic rings. The summed E-state index contributed by atoms with van der Waals surface area (Å²) in [6, 6.07) is 7.75. The smallest absolute Gasteiger partial charge is 0.325 e. The van der Waals surface area contributed by atoms with Crippen LogP contribution in [0.2, 0.25) is 0 Å². The Bertz CT molecular complexity index is 976. The minimum absolute atomic E-state index is 0.0299. The van der Waals surface area contributed by atoms with Crippen molar-refractivity contribution in [2.24, 2.45) is 0 Å². The van der Waals surface area contributed by atoms with Crippen LogP contribution in [0.4, 0.5) is 4.79 Å². The lowest BCUT2D eigenvalue weighted by Crippen LogP contribution is -2.50. The molecule has 4 amide bonds. The molecule has 0 radical (unpaired) electrons. The third kappa shape index (κ3) is 4.31. The van der Waals surface area contributed by atoms with Gasteiger partial charge in [-0.15, -0.1) is 0 Å². The Morgan fingerprint density at radius 2 is 2.00 bits per heavy atom. The maximum Gasteiger partial charge on any atom is 0.325 e. The fourth-order valence-electron chi connectivity index (χ4n) is 4.52. The van der Waals surface area contributed by atoms with E-state index in [4.69, 9.17) is 4.74 Å². The Labute approximate surface area is 181 Å². The van der Waals surface area contributed by atoms with Gasteiger partial charge < -0.3 is 15.0 Å². The summed E-state index contributed by atoms with van der Waals surface area (Å²) in [7, 11) is -3.21. The minimum Gasteiger partial charge on any atom is -0.376 e. The number of urea groups is 1. The van der Waals surface area contributed by atoms with Gasteiger partial charge >= 0.3 is 6.03 Å². The number of ether oxygens (including phenoxy) is 1. The zero-order valence-corrected chi connectivity index (χ0v) is 18.3. The van der Waals surface area contributed by atoms with Crippen LogP contribution in [-0.4, -0.2) is 79.4 Å². The molecule has 168 valence electrons. The first-order chi connectivity index (χ1) is 14.7. The van der Waals surface area contributed by atoms with Gasteiger partial charge in [0.2, 0.25) is 5.91 Å². The van der Waals surface area contributed by atoms with Crippen LogP contribution < -0.4 is 5.32 Å². The average Bonchev–Trinajstić information content (AvgIpc) is 3.43. The summed E-state index contributed by atoms with van der Waals surface area (Å²) in [5.41, 5.74) is -0.629. The Kier molecular flexibility index (Phi) is 5.78. The lowest BCUT2D eigenvalue weighted by Gasteiger charge is -2.31. The van der Waals surface area contributed by atoms with Gasteiger partial charge in [0.25, 0.3) is 5.91 Å². The maximum atomic E-state index is 13.2. The van der Waals surface area contributed by atoms with E-state index in [0.717, 1.165) is 17.7 Å². The van der Waals surface area contributed by atoms with Gasteiger partial charge in [-0.1, -0.05) is 30.3 Å². The summed E-state index contributed by atoms with van der Waals surface area (Å²) in [6.45, 7) is 2.05. The van der Waals surface area contributed by atoms with Crippen LogP contribution in [0, 0.1) is 0 Å². The van der Waals surface area contributed by atoms with Crippen molar-refractivity contribution in [3.05, 3.63) is 35.9 Å². The molecule has 3 atom stereocenters. The topological polar surface area (TPSA) is 113 Å². The fraction of sp³-hybridized carbons (Fsp3) is 0.571. The van der Waals surface area contributed by atoms with Gasteiger partial charge in [0.15, 0.2) is 9.84 Å². The molecule has 0 bridgehead atoms. The number of nitrogens with one attached hydrogen (secondary N) is 1. The van der Waals surface area contributed by atoms with Crippen molar-refractivity contribution in [1.29, 1.82) is 0 Å². The van der Waals surface area contributed by atoms with Gasteiger partial charge in [-0.05, 0) is 31.7 Å². The molecule has 0 spiro atoms. The number of hydrogen-bond donors (Lipinski definition) is 1. The quantitative estimate of drug-likeness (QED) is 0.638. The number of hydrogen-bond acceptors (Lipinski definition) is 6. The molecular formula is C21H27N3O6S. The number of carbonyl (C=O) groups is 3. The second-order valence-corrected chi connectivity index (χ2v) is 10.8. The molecule has 10 heteroatoms. The summed E-state index contributed by atoms with van der Waals surface area (Å²) in [6.07, 6.45) is 1.86. The van der Waals surface area contributed by atoms with Crippen LogP contribution in [0.1, 0.15) is 31.7 Å². The molecule has 4 rings (SSSR count). The van der Waals surface area contributed by atoms with E-state index < -0.39 is 45.8 Å². The number of amides is 4. The van der Waals surface area contributed by atoms with Gasteiger partial charge in [0, 0.05) is 19.2 Å². The highest BCUT2D eigenvalue weighted by Gasteiger charge is 2.50. The molecule has 9 nitrogen and oxygen atoms in total. The SMILES string of the molecule is C[C@]1(c2ccccc2)NC(=O)N(CC(=O)N(C[C@@H]2CCCO2)[C@@H]2CCS(=O)(=O)C2)C1=O. The molecule has 3 fully saturated rings. The van der Waals surface area contributed by atoms with Crippen molar-refractivity contribution < 1.29 is 27.5 Å². The van der Waals surface area contributed by atoms with Gasteiger partial charge in [0.1, 0.15) is 12.1 Å². The highest BCUT2D eigenvalue weighted by Crippen LogP contribution is 2.29. The Hall–Kier alpha value is -2.46. The van der Waals surface area contributed by atoms with Crippen LogP contribution in [0.5, 0.6) is 0 Å². The summed E-state index contributed by atoms with van der Waals surface area (Å²) in [4.78, 5) is 41.4. The molecule has 0 aliphatic carbocycles. The van der Waals surface area contributed by atoms with Crippen molar-refractivity contribution in [3.63, 3.8) is 0 Å². The summed E-state index contributed by atoms with van der Waals surface area (Å²) in [5.74, 6) is -1.03. The van der Waals surface area contributed by atoms with Crippen LogP contribution in [0.3, 0.4) is 0 Å². The number of nitrogens with zero attached hydrogens (tertiary/aromatic N) is 2. The second-order valence-electron chi connectivity index (χ2n) is 8.55. The normalized spacial score (nSPS) is 29.9. The molecule has 31 heavy (non-hydrogen) atoms. The number of imide groups is 1. The van der Waals surface area contributed by atoms with Crippen LogP contribution in [-0.2, 0) is 29.7 Å². The van der Waals surface area contributed by atoms with E-state index in [0.29, 0.717) is 18.6 Å². The number of carbonyl (C=O) groups excluding carboxylic acids is 3. The third-order valence-corrected chi connectivity index (χ3v) is 8.06. The van der Waals surface area contributed by atoms with E-state index in [1.807, 2.05) is 6.07 Å². The van der Waals surface area contributed by atoms with E-state index >= 15 is 0 Å². The highest BCUT2D eigenvalue weighted by atomic mass is 32.2. The monoisotopic (exact) mass is 449 g/mol. The highest BCUT2D eigenvalue weighted by molar-refractivity contribution is 7.91. The Morgan fingerprint density at radius 1 is 1.26 bits per heavy atom. The zero-order valence-electron chi connectivity index (χ0n) is 17.5. The lowest BCUT2D eigenvalue weighted by atomic mass is 9.92. The van der Waals surface area contributed by atoms with Gasteiger partial charge in [-0.2, -0.15) is 0 Å². The van der Waals surface area contributed by atoms with E-state index in [1.54, 1.807) is 31.2 Å². The largest absolute Gasteiger partial charge is 0.376 e.